The van der Waals surface area contributed by atoms with Crippen LogP contribution in [-0.2, 0) is 9.53 Å². The number of aliphatic hydroxyl groups excluding tert-OH is 2. The van der Waals surface area contributed by atoms with Crippen molar-refractivity contribution in [2.75, 3.05) is 0 Å². The molecule has 0 aromatic rings. The van der Waals surface area contributed by atoms with Crippen LogP contribution in [0.5, 0.6) is 0 Å². The van der Waals surface area contributed by atoms with E-state index in [-0.39, 0.29) is 17.9 Å². The number of carbonyl (C=O) groups excluding carboxylic acids is 1. The van der Waals surface area contributed by atoms with Gasteiger partial charge in [-0.2, -0.15) is 0 Å². The normalized spacial score (nSPS) is 49.3. The Bertz CT molecular complexity index is 481. The summed E-state index contributed by atoms with van der Waals surface area (Å²) in [6, 6.07) is 0. The topological polar surface area (TPSA) is 66.8 Å². The quantitative estimate of drug-likeness (QED) is 0.392. The van der Waals surface area contributed by atoms with Crippen LogP contribution in [0.1, 0.15) is 26.7 Å². The molecule has 0 radical (unpaired) electrons. The van der Waals surface area contributed by atoms with Gasteiger partial charge >= 0.3 is 5.97 Å². The van der Waals surface area contributed by atoms with Crippen molar-refractivity contribution in [3.8, 4) is 0 Å². The first-order chi connectivity index (χ1) is 8.86. The molecule has 1 saturated carbocycles. The van der Waals surface area contributed by atoms with Crippen molar-refractivity contribution in [3.63, 3.8) is 0 Å². The van der Waals surface area contributed by atoms with Gasteiger partial charge in [-0.25, -0.2) is 4.79 Å². The van der Waals surface area contributed by atoms with Crippen molar-refractivity contribution in [3.05, 3.63) is 23.8 Å². The average Bonchev–Trinajstić information content (AvgIpc) is 2.61. The van der Waals surface area contributed by atoms with Crippen LogP contribution in [0.4, 0.5) is 0 Å². The number of esters is 1. The second kappa shape index (κ2) is 3.93. The molecule has 4 heteroatoms. The van der Waals surface area contributed by atoms with Gasteiger partial charge < -0.3 is 14.9 Å². The lowest BCUT2D eigenvalue weighted by atomic mass is 9.54. The summed E-state index contributed by atoms with van der Waals surface area (Å²) in [5, 5.41) is 20.7. The standard InChI is InChI=1S/C15H20O4/c1-7-4-5-10(17)15(3)6-9(16)11-8(2)14(18)19-13(11)12(7)15/h4,9-13,16-17H,2,5-6H2,1,3H3/t9-,10+,11+,12+,13-,15-/m0/s1. The Morgan fingerprint density at radius 1 is 1.47 bits per heavy atom. The fourth-order valence-electron chi connectivity index (χ4n) is 4.23. The second-order valence-corrected chi connectivity index (χ2v) is 6.38. The van der Waals surface area contributed by atoms with Gasteiger partial charge in [0.15, 0.2) is 0 Å². The molecule has 6 atom stereocenters. The van der Waals surface area contributed by atoms with Gasteiger partial charge in [-0.15, -0.1) is 0 Å². The first kappa shape index (κ1) is 12.9. The highest BCUT2D eigenvalue weighted by Gasteiger charge is 2.60. The molecule has 0 amide bonds. The first-order valence-corrected chi connectivity index (χ1v) is 6.79. The van der Waals surface area contributed by atoms with Crippen LogP contribution in [0.25, 0.3) is 0 Å². The molecule has 1 aliphatic heterocycles. The first-order valence-electron chi connectivity index (χ1n) is 6.79. The van der Waals surface area contributed by atoms with Crippen molar-refractivity contribution < 1.29 is 19.7 Å². The molecule has 0 aromatic carbocycles. The van der Waals surface area contributed by atoms with E-state index in [1.807, 2.05) is 19.9 Å². The Balaban J connectivity index is 2.08. The smallest absolute Gasteiger partial charge is 0.334 e. The molecule has 4 nitrogen and oxygen atoms in total. The molecule has 0 spiro atoms. The highest BCUT2D eigenvalue weighted by molar-refractivity contribution is 5.91. The number of aliphatic hydroxyl groups is 2. The summed E-state index contributed by atoms with van der Waals surface area (Å²) >= 11 is 0. The van der Waals surface area contributed by atoms with E-state index in [0.29, 0.717) is 18.4 Å². The van der Waals surface area contributed by atoms with Gasteiger partial charge in [0.2, 0.25) is 0 Å². The summed E-state index contributed by atoms with van der Waals surface area (Å²) in [4.78, 5) is 11.7. The van der Waals surface area contributed by atoms with Gasteiger partial charge in [0.25, 0.3) is 0 Å². The molecule has 3 aliphatic rings. The van der Waals surface area contributed by atoms with E-state index in [4.69, 9.17) is 4.74 Å². The second-order valence-electron chi connectivity index (χ2n) is 6.38. The van der Waals surface area contributed by atoms with Crippen LogP contribution in [-0.4, -0.2) is 34.5 Å². The number of carbonyl (C=O) groups is 1. The lowest BCUT2D eigenvalue weighted by Crippen LogP contribution is -2.56. The molecule has 2 fully saturated rings. The lowest BCUT2D eigenvalue weighted by Gasteiger charge is -2.52. The molecule has 0 aromatic heterocycles. The highest BCUT2D eigenvalue weighted by Crippen LogP contribution is 2.56. The van der Waals surface area contributed by atoms with Gasteiger partial charge in [-0.3, -0.25) is 0 Å². The van der Waals surface area contributed by atoms with Crippen molar-refractivity contribution >= 4 is 5.97 Å². The molecule has 3 rings (SSSR count). The van der Waals surface area contributed by atoms with Crippen LogP contribution >= 0.6 is 0 Å². The predicted octanol–water partition coefficient (Wildman–Crippen LogP) is 1.18. The van der Waals surface area contributed by atoms with Crippen molar-refractivity contribution in [2.24, 2.45) is 17.3 Å². The maximum atomic E-state index is 11.7. The van der Waals surface area contributed by atoms with Crippen molar-refractivity contribution in [2.45, 2.75) is 45.0 Å². The van der Waals surface area contributed by atoms with E-state index < -0.39 is 23.6 Å². The summed E-state index contributed by atoms with van der Waals surface area (Å²) in [5.74, 6) is -0.779. The zero-order valence-electron chi connectivity index (χ0n) is 11.3. The summed E-state index contributed by atoms with van der Waals surface area (Å²) in [7, 11) is 0. The lowest BCUT2D eigenvalue weighted by molar-refractivity contribution is -0.157. The van der Waals surface area contributed by atoms with Crippen LogP contribution in [0.2, 0.25) is 0 Å². The third-order valence-corrected chi connectivity index (χ3v) is 5.28. The van der Waals surface area contributed by atoms with Crippen molar-refractivity contribution in [1.82, 2.24) is 0 Å². The Labute approximate surface area is 112 Å². The van der Waals surface area contributed by atoms with E-state index in [1.54, 1.807) is 0 Å². The molecule has 19 heavy (non-hydrogen) atoms. The van der Waals surface area contributed by atoms with Gasteiger partial charge in [-0.1, -0.05) is 25.2 Å². The number of ether oxygens (including phenoxy) is 1. The van der Waals surface area contributed by atoms with E-state index in [9.17, 15) is 15.0 Å². The third kappa shape index (κ3) is 1.56. The SMILES string of the molecule is C=C1C(=O)O[C@H]2[C@H]1[C@@H](O)C[C@@]1(C)[C@H](O)CC=C(C)[C@H]21. The van der Waals surface area contributed by atoms with E-state index in [0.717, 1.165) is 5.57 Å². The Morgan fingerprint density at radius 3 is 2.84 bits per heavy atom. The Hall–Kier alpha value is -1.13. The van der Waals surface area contributed by atoms with Gasteiger partial charge in [0.1, 0.15) is 6.10 Å². The molecular formula is C15H20O4. The molecule has 0 unspecified atom stereocenters. The summed E-state index contributed by atoms with van der Waals surface area (Å²) in [6.07, 6.45) is 1.51. The minimum atomic E-state index is -0.675. The average molecular weight is 264 g/mol. The largest absolute Gasteiger partial charge is 0.458 e. The number of fused-ring (bicyclic) bond motifs is 3. The van der Waals surface area contributed by atoms with Crippen LogP contribution in [0.3, 0.4) is 0 Å². The minimum Gasteiger partial charge on any atom is -0.458 e. The summed E-state index contributed by atoms with van der Waals surface area (Å²) in [6.45, 7) is 7.75. The molecule has 2 aliphatic carbocycles. The van der Waals surface area contributed by atoms with E-state index in [2.05, 4.69) is 6.58 Å². The Kier molecular flexibility index (Phi) is 2.67. The minimum absolute atomic E-state index is 0.0344. The molecule has 104 valence electrons. The monoisotopic (exact) mass is 264 g/mol. The van der Waals surface area contributed by atoms with Gasteiger partial charge in [0, 0.05) is 16.9 Å². The fourth-order valence-corrected chi connectivity index (χ4v) is 4.23. The Morgan fingerprint density at radius 2 is 2.16 bits per heavy atom. The van der Waals surface area contributed by atoms with Crippen LogP contribution in [0, 0.1) is 17.3 Å². The molecule has 1 saturated heterocycles. The molecule has 0 bridgehead atoms. The maximum absolute atomic E-state index is 11.7. The van der Waals surface area contributed by atoms with Crippen LogP contribution in [0.15, 0.2) is 23.8 Å². The zero-order chi connectivity index (χ0) is 13.9. The summed E-state index contributed by atoms with van der Waals surface area (Å²) < 4.78 is 5.45. The van der Waals surface area contributed by atoms with Crippen LogP contribution < -0.4 is 0 Å². The molecule has 1 heterocycles. The van der Waals surface area contributed by atoms with Crippen molar-refractivity contribution in [1.29, 1.82) is 0 Å². The van der Waals surface area contributed by atoms with E-state index >= 15 is 0 Å². The van der Waals surface area contributed by atoms with Gasteiger partial charge in [-0.05, 0) is 19.8 Å². The van der Waals surface area contributed by atoms with E-state index in [1.165, 1.54) is 0 Å². The molecule has 2 N–H and O–H groups in total. The highest BCUT2D eigenvalue weighted by atomic mass is 16.6. The molecular weight excluding hydrogens is 244 g/mol. The third-order valence-electron chi connectivity index (χ3n) is 5.28. The maximum Gasteiger partial charge on any atom is 0.334 e. The fraction of sp³-hybridized carbons (Fsp3) is 0.667. The summed E-state index contributed by atoms with van der Waals surface area (Å²) in [5.41, 5.74) is 1.06. The predicted molar refractivity (Wildman–Crippen MR) is 69.1 cm³/mol. The number of rotatable bonds is 0. The number of hydrogen-bond donors (Lipinski definition) is 2. The van der Waals surface area contributed by atoms with Gasteiger partial charge in [0.05, 0.1) is 18.1 Å². The number of hydrogen-bond acceptors (Lipinski definition) is 4. The zero-order valence-corrected chi connectivity index (χ0v) is 11.3.